The quantitative estimate of drug-likeness (QED) is 0.610. The van der Waals surface area contributed by atoms with E-state index in [1.165, 1.54) is 13.8 Å². The number of hydrogen-bond donors (Lipinski definition) is 2. The third-order valence-corrected chi connectivity index (χ3v) is 5.51. The number of carboxylic acid groups (broad SMARTS) is 1. The second kappa shape index (κ2) is 8.88. The first kappa shape index (κ1) is 22.5. The molecular formula is C24H23ClN2O4. The number of imide groups is 1. The summed E-state index contributed by atoms with van der Waals surface area (Å²) in [6.07, 6.45) is -0.143. The van der Waals surface area contributed by atoms with Gasteiger partial charge in [-0.25, -0.2) is 4.79 Å². The lowest BCUT2D eigenvalue weighted by atomic mass is 9.80. The zero-order chi connectivity index (χ0) is 22.8. The molecule has 0 fully saturated rings. The maximum absolute atomic E-state index is 13.0. The minimum absolute atomic E-state index is 0.143. The summed E-state index contributed by atoms with van der Waals surface area (Å²) in [5, 5.41) is 12.7. The highest BCUT2D eigenvalue weighted by Crippen LogP contribution is 2.36. The van der Waals surface area contributed by atoms with E-state index < -0.39 is 29.4 Å². The van der Waals surface area contributed by atoms with E-state index in [9.17, 15) is 19.5 Å². The maximum atomic E-state index is 13.0. The molecule has 2 amide bonds. The molecule has 31 heavy (non-hydrogen) atoms. The van der Waals surface area contributed by atoms with Crippen LogP contribution in [0.4, 0.5) is 0 Å². The zero-order valence-electron chi connectivity index (χ0n) is 17.2. The normalized spacial score (nSPS) is 13.9. The molecule has 160 valence electrons. The molecule has 3 N–H and O–H groups in total. The Hall–Kier alpha value is -3.22. The second-order valence-electron chi connectivity index (χ2n) is 7.51. The predicted molar refractivity (Wildman–Crippen MR) is 120 cm³/mol. The van der Waals surface area contributed by atoms with Gasteiger partial charge in [-0.3, -0.25) is 14.5 Å². The standard InChI is InChI=1S/C24H23ClN2O4/c1-15(26)22(29)27(16(2)28)24(23(30)31,14-17-7-11-21(25)12-8-17)20-10-9-18-5-3-4-6-19(18)13-20/h3-13,15H,14,26H2,1-2H3,(H,30,31)/t15-,24+/m0/s1. The van der Waals surface area contributed by atoms with Crippen molar-refractivity contribution in [3.8, 4) is 0 Å². The Balaban J connectivity index is 2.32. The van der Waals surface area contributed by atoms with Gasteiger partial charge in [-0.15, -0.1) is 0 Å². The van der Waals surface area contributed by atoms with Crippen LogP contribution in [-0.2, 0) is 26.3 Å². The molecule has 0 aliphatic carbocycles. The van der Waals surface area contributed by atoms with Crippen LogP contribution in [0.15, 0.2) is 66.7 Å². The summed E-state index contributed by atoms with van der Waals surface area (Å²) in [4.78, 5) is 39.4. The summed E-state index contributed by atoms with van der Waals surface area (Å²) in [7, 11) is 0. The lowest BCUT2D eigenvalue weighted by Crippen LogP contribution is -2.60. The molecule has 0 bridgehead atoms. The van der Waals surface area contributed by atoms with Crippen molar-refractivity contribution in [1.82, 2.24) is 4.90 Å². The summed E-state index contributed by atoms with van der Waals surface area (Å²) in [6, 6.07) is 18.1. The van der Waals surface area contributed by atoms with E-state index in [-0.39, 0.29) is 6.42 Å². The number of rotatable bonds is 6. The Bertz CT molecular complexity index is 1140. The first-order chi connectivity index (χ1) is 14.7. The van der Waals surface area contributed by atoms with Crippen molar-refractivity contribution >= 4 is 40.2 Å². The lowest BCUT2D eigenvalue weighted by Gasteiger charge is -2.40. The number of nitrogens with two attached hydrogens (primary N) is 1. The van der Waals surface area contributed by atoms with Crippen molar-refractivity contribution in [3.05, 3.63) is 82.9 Å². The van der Waals surface area contributed by atoms with Crippen LogP contribution in [0.3, 0.4) is 0 Å². The fourth-order valence-corrected chi connectivity index (χ4v) is 3.89. The molecule has 0 saturated carbocycles. The van der Waals surface area contributed by atoms with Crippen molar-refractivity contribution in [2.24, 2.45) is 5.73 Å². The smallest absolute Gasteiger partial charge is 0.335 e. The van der Waals surface area contributed by atoms with E-state index >= 15 is 0 Å². The molecule has 0 saturated heterocycles. The van der Waals surface area contributed by atoms with Crippen LogP contribution in [-0.4, -0.2) is 33.8 Å². The van der Waals surface area contributed by atoms with Crippen molar-refractivity contribution in [1.29, 1.82) is 0 Å². The van der Waals surface area contributed by atoms with Crippen LogP contribution >= 0.6 is 11.6 Å². The minimum Gasteiger partial charge on any atom is -0.479 e. The highest BCUT2D eigenvalue weighted by atomic mass is 35.5. The number of carboxylic acids is 1. The fourth-order valence-electron chi connectivity index (χ4n) is 3.76. The van der Waals surface area contributed by atoms with Crippen LogP contribution in [0.1, 0.15) is 25.0 Å². The molecule has 0 unspecified atom stereocenters. The van der Waals surface area contributed by atoms with E-state index in [0.717, 1.165) is 15.7 Å². The van der Waals surface area contributed by atoms with Gasteiger partial charge in [0.15, 0.2) is 5.54 Å². The maximum Gasteiger partial charge on any atom is 0.335 e. The van der Waals surface area contributed by atoms with Gasteiger partial charge in [-0.1, -0.05) is 60.1 Å². The van der Waals surface area contributed by atoms with E-state index in [4.69, 9.17) is 17.3 Å². The predicted octanol–water partition coefficient (Wildman–Crippen LogP) is 3.74. The van der Waals surface area contributed by atoms with Gasteiger partial charge in [0.05, 0.1) is 6.04 Å². The van der Waals surface area contributed by atoms with Crippen molar-refractivity contribution in [3.63, 3.8) is 0 Å². The van der Waals surface area contributed by atoms with Crippen LogP contribution in [0, 0.1) is 0 Å². The van der Waals surface area contributed by atoms with Crippen LogP contribution in [0.25, 0.3) is 10.8 Å². The second-order valence-corrected chi connectivity index (χ2v) is 7.95. The Kier molecular flexibility index (Phi) is 6.43. The molecule has 3 rings (SSSR count). The summed E-state index contributed by atoms with van der Waals surface area (Å²) in [5.74, 6) is -2.80. The summed E-state index contributed by atoms with van der Waals surface area (Å²) in [6.45, 7) is 2.59. The monoisotopic (exact) mass is 438 g/mol. The van der Waals surface area contributed by atoms with Gasteiger partial charge >= 0.3 is 5.97 Å². The van der Waals surface area contributed by atoms with Crippen LogP contribution < -0.4 is 5.73 Å². The number of fused-ring (bicyclic) bond motifs is 1. The van der Waals surface area contributed by atoms with E-state index in [1.807, 2.05) is 24.3 Å². The third kappa shape index (κ3) is 4.31. The number of amides is 2. The number of hydrogen-bond acceptors (Lipinski definition) is 4. The van der Waals surface area contributed by atoms with Gasteiger partial charge in [0.25, 0.3) is 0 Å². The van der Waals surface area contributed by atoms with E-state index in [0.29, 0.717) is 16.1 Å². The summed E-state index contributed by atoms with van der Waals surface area (Å²) in [5.41, 5.74) is 4.71. The number of nitrogens with zero attached hydrogens (tertiary/aromatic N) is 1. The van der Waals surface area contributed by atoms with Crippen molar-refractivity contribution < 1.29 is 19.5 Å². The van der Waals surface area contributed by atoms with E-state index in [2.05, 4.69) is 0 Å². The summed E-state index contributed by atoms with van der Waals surface area (Å²) < 4.78 is 0. The molecule has 0 spiro atoms. The number of carbonyl (C=O) groups excluding carboxylic acids is 2. The number of aliphatic carboxylic acids is 1. The molecule has 0 aliphatic heterocycles. The van der Waals surface area contributed by atoms with Gasteiger partial charge in [0, 0.05) is 18.4 Å². The Labute approximate surface area is 185 Å². The number of halogens is 1. The molecule has 0 aliphatic rings. The Morgan fingerprint density at radius 1 is 1.03 bits per heavy atom. The average Bonchev–Trinajstić information content (AvgIpc) is 2.73. The first-order valence-electron chi connectivity index (χ1n) is 9.74. The first-order valence-corrected chi connectivity index (χ1v) is 10.1. The van der Waals surface area contributed by atoms with Gasteiger partial charge in [0.1, 0.15) is 0 Å². The molecule has 7 heteroatoms. The topological polar surface area (TPSA) is 101 Å². The zero-order valence-corrected chi connectivity index (χ0v) is 18.0. The number of benzene rings is 3. The molecule has 0 radical (unpaired) electrons. The fraction of sp³-hybridized carbons (Fsp3) is 0.208. The molecular weight excluding hydrogens is 416 g/mol. The van der Waals surface area contributed by atoms with Crippen molar-refractivity contribution in [2.75, 3.05) is 0 Å². The molecule has 2 atom stereocenters. The van der Waals surface area contributed by atoms with Crippen molar-refractivity contribution in [2.45, 2.75) is 31.8 Å². The largest absolute Gasteiger partial charge is 0.479 e. The van der Waals surface area contributed by atoms with Gasteiger partial charge in [0.2, 0.25) is 11.8 Å². The molecule has 3 aromatic rings. The highest BCUT2D eigenvalue weighted by Gasteiger charge is 2.51. The number of carbonyl (C=O) groups is 3. The molecule has 0 heterocycles. The third-order valence-electron chi connectivity index (χ3n) is 5.26. The van der Waals surface area contributed by atoms with Crippen LogP contribution in [0.5, 0.6) is 0 Å². The van der Waals surface area contributed by atoms with Gasteiger partial charge < -0.3 is 10.8 Å². The molecule has 3 aromatic carbocycles. The lowest BCUT2D eigenvalue weighted by molar-refractivity contribution is -0.167. The van der Waals surface area contributed by atoms with Gasteiger partial charge in [-0.2, -0.15) is 0 Å². The Morgan fingerprint density at radius 3 is 2.19 bits per heavy atom. The highest BCUT2D eigenvalue weighted by molar-refractivity contribution is 6.30. The minimum atomic E-state index is -1.99. The average molecular weight is 439 g/mol. The van der Waals surface area contributed by atoms with E-state index in [1.54, 1.807) is 42.5 Å². The summed E-state index contributed by atoms with van der Waals surface area (Å²) >= 11 is 5.98. The SMILES string of the molecule is CC(=O)N(C(=O)[C@H](C)N)[C@@](Cc1ccc(Cl)cc1)(C(=O)O)c1ccc2ccccc2c1. The van der Waals surface area contributed by atoms with Gasteiger partial charge in [-0.05, 0) is 47.0 Å². The Morgan fingerprint density at radius 2 is 1.65 bits per heavy atom. The molecule has 0 aromatic heterocycles. The molecule has 6 nitrogen and oxygen atoms in total. The van der Waals surface area contributed by atoms with Crippen LogP contribution in [0.2, 0.25) is 5.02 Å².